The fraction of sp³-hybridized carbons (Fsp3) is 0.636. The van der Waals surface area contributed by atoms with Gasteiger partial charge in [0.05, 0.1) is 30.8 Å². The zero-order chi connectivity index (χ0) is 25.0. The van der Waals surface area contributed by atoms with Crippen molar-refractivity contribution >= 4 is 11.8 Å². The third-order valence-corrected chi connectivity index (χ3v) is 6.24. The van der Waals surface area contributed by atoms with Gasteiger partial charge in [-0.1, -0.05) is 6.07 Å². The van der Waals surface area contributed by atoms with E-state index >= 15 is 0 Å². The van der Waals surface area contributed by atoms with Gasteiger partial charge in [0.25, 0.3) is 5.91 Å². The van der Waals surface area contributed by atoms with E-state index in [1.807, 2.05) is 0 Å². The smallest absolute Gasteiger partial charge is 0.251 e. The van der Waals surface area contributed by atoms with E-state index in [2.05, 4.69) is 10.6 Å². The third-order valence-electron chi connectivity index (χ3n) is 6.24. The molecule has 2 fully saturated rings. The molecule has 1 aromatic carbocycles. The molecule has 0 radical (unpaired) electrons. The number of phenolic OH excluding ortho intramolecular Hbond substituents is 1. The number of phenols is 1. The number of hydrogen-bond donors (Lipinski definition) is 8. The van der Waals surface area contributed by atoms with Crippen LogP contribution in [0.4, 0.5) is 0 Å². The van der Waals surface area contributed by atoms with Crippen molar-refractivity contribution in [1.82, 2.24) is 10.6 Å². The van der Waals surface area contributed by atoms with Crippen molar-refractivity contribution in [2.24, 2.45) is 11.7 Å². The molecular weight excluding hydrogens is 450 g/mol. The van der Waals surface area contributed by atoms with Crippen LogP contribution in [0.3, 0.4) is 0 Å². The summed E-state index contributed by atoms with van der Waals surface area (Å²) in [7, 11) is 0. The summed E-state index contributed by atoms with van der Waals surface area (Å²) < 4.78 is 11.0. The molecule has 0 spiro atoms. The molecule has 3 rings (SSSR count). The van der Waals surface area contributed by atoms with Crippen LogP contribution in [0.25, 0.3) is 0 Å². The summed E-state index contributed by atoms with van der Waals surface area (Å²) in [6.45, 7) is 1.91. The van der Waals surface area contributed by atoms with Gasteiger partial charge in [-0.3, -0.25) is 9.59 Å². The number of ether oxygens (including phenoxy) is 2. The van der Waals surface area contributed by atoms with E-state index in [-0.39, 0.29) is 37.3 Å². The van der Waals surface area contributed by atoms with Crippen LogP contribution in [0.2, 0.25) is 0 Å². The van der Waals surface area contributed by atoms with Gasteiger partial charge in [0.1, 0.15) is 24.1 Å². The van der Waals surface area contributed by atoms with Crippen LogP contribution in [0.5, 0.6) is 5.75 Å². The minimum Gasteiger partial charge on any atom is -0.508 e. The van der Waals surface area contributed by atoms with Crippen molar-refractivity contribution < 1.29 is 44.6 Å². The predicted octanol–water partition coefficient (Wildman–Crippen LogP) is -2.45. The number of aliphatic hydroxyl groups is 4. The molecule has 1 saturated heterocycles. The molecule has 34 heavy (non-hydrogen) atoms. The lowest BCUT2D eigenvalue weighted by atomic mass is 9.80. The lowest BCUT2D eigenvalue weighted by Gasteiger charge is -2.42. The van der Waals surface area contributed by atoms with Crippen molar-refractivity contribution in [3.63, 3.8) is 0 Å². The normalized spacial score (nSPS) is 36.0. The Morgan fingerprint density at radius 3 is 2.53 bits per heavy atom. The Morgan fingerprint density at radius 1 is 1.12 bits per heavy atom. The first kappa shape index (κ1) is 26.3. The molecule has 2 amide bonds. The summed E-state index contributed by atoms with van der Waals surface area (Å²) in [6.07, 6.45) is -8.22. The Bertz CT molecular complexity index is 857. The molecule has 0 unspecified atom stereocenters. The fourth-order valence-electron chi connectivity index (χ4n) is 4.31. The average molecular weight is 484 g/mol. The number of nitrogens with two attached hydrogens (primary N) is 1. The standard InChI is InChI=1S/C22H33N3O9/c1-10-17(28)18(29)19(30)22(34-10)25-21(32)13-8-15(27)16(33-6-5-23)9-14(13)24-20(31)11-3-2-4-12(26)7-11/h2-4,7,10,13-19,22,26-30H,5-6,8-9,23H2,1H3,(H,24,31)(H,25,32)/t10-,13+,14-,15-,16-,17+,18+,19-,22+/m0/s1. The Kier molecular flexibility index (Phi) is 8.82. The third kappa shape index (κ3) is 6.02. The first-order chi connectivity index (χ1) is 16.1. The Labute approximate surface area is 196 Å². The Morgan fingerprint density at radius 2 is 1.85 bits per heavy atom. The molecule has 0 aromatic heterocycles. The van der Waals surface area contributed by atoms with Crippen molar-refractivity contribution in [2.45, 2.75) is 68.7 Å². The van der Waals surface area contributed by atoms with Gasteiger partial charge in [0, 0.05) is 18.2 Å². The average Bonchev–Trinajstić information content (AvgIpc) is 2.81. The summed E-state index contributed by atoms with van der Waals surface area (Å²) in [5, 5.41) is 55.6. The summed E-state index contributed by atoms with van der Waals surface area (Å²) in [5.41, 5.74) is 5.66. The molecule has 1 aromatic rings. The molecule has 9 atom stereocenters. The van der Waals surface area contributed by atoms with E-state index in [0.29, 0.717) is 0 Å². The number of hydrogen-bond acceptors (Lipinski definition) is 10. The molecule has 2 aliphatic rings. The number of aromatic hydroxyl groups is 1. The van der Waals surface area contributed by atoms with Gasteiger partial charge in [-0.05, 0) is 38.0 Å². The van der Waals surface area contributed by atoms with E-state index in [9.17, 15) is 35.1 Å². The second-order valence-corrected chi connectivity index (χ2v) is 8.72. The maximum absolute atomic E-state index is 13.1. The van der Waals surface area contributed by atoms with Crippen LogP contribution in [0, 0.1) is 5.92 Å². The fourth-order valence-corrected chi connectivity index (χ4v) is 4.31. The molecular formula is C22H33N3O9. The highest BCUT2D eigenvalue weighted by atomic mass is 16.5. The minimum atomic E-state index is -1.58. The van der Waals surface area contributed by atoms with Crippen LogP contribution in [-0.2, 0) is 14.3 Å². The van der Waals surface area contributed by atoms with Crippen molar-refractivity contribution in [2.75, 3.05) is 13.2 Å². The summed E-state index contributed by atoms with van der Waals surface area (Å²) in [4.78, 5) is 25.9. The molecule has 1 aliphatic carbocycles. The topological polar surface area (TPSA) is 204 Å². The van der Waals surface area contributed by atoms with E-state index in [4.69, 9.17) is 15.2 Å². The zero-order valence-corrected chi connectivity index (χ0v) is 18.8. The number of carbonyl (C=O) groups excluding carboxylic acids is 2. The molecule has 1 aliphatic heterocycles. The molecule has 1 saturated carbocycles. The first-order valence-electron chi connectivity index (χ1n) is 11.2. The molecule has 1 heterocycles. The van der Waals surface area contributed by atoms with Crippen LogP contribution >= 0.6 is 0 Å². The Hall–Kier alpha value is -2.32. The maximum atomic E-state index is 13.1. The van der Waals surface area contributed by atoms with Gasteiger partial charge in [-0.25, -0.2) is 0 Å². The molecule has 190 valence electrons. The Balaban J connectivity index is 1.76. The number of benzene rings is 1. The molecule has 0 bridgehead atoms. The number of rotatable bonds is 7. The number of carbonyl (C=O) groups is 2. The minimum absolute atomic E-state index is 0.0599. The van der Waals surface area contributed by atoms with Crippen molar-refractivity contribution in [3.8, 4) is 5.75 Å². The second-order valence-electron chi connectivity index (χ2n) is 8.72. The van der Waals surface area contributed by atoms with E-state index in [1.54, 1.807) is 0 Å². The lowest BCUT2D eigenvalue weighted by Crippen LogP contribution is -2.63. The predicted molar refractivity (Wildman–Crippen MR) is 117 cm³/mol. The van der Waals surface area contributed by atoms with Crippen molar-refractivity contribution in [1.29, 1.82) is 0 Å². The first-order valence-corrected chi connectivity index (χ1v) is 11.2. The largest absolute Gasteiger partial charge is 0.508 e. The van der Waals surface area contributed by atoms with Gasteiger partial charge >= 0.3 is 0 Å². The molecule has 12 nitrogen and oxygen atoms in total. The van der Waals surface area contributed by atoms with Gasteiger partial charge in [0.15, 0.2) is 6.23 Å². The van der Waals surface area contributed by atoms with E-state index < -0.39 is 66.6 Å². The van der Waals surface area contributed by atoms with Crippen molar-refractivity contribution in [3.05, 3.63) is 29.8 Å². The van der Waals surface area contributed by atoms with Gasteiger partial charge in [-0.15, -0.1) is 0 Å². The van der Waals surface area contributed by atoms with Gasteiger partial charge in [0.2, 0.25) is 5.91 Å². The summed E-state index contributed by atoms with van der Waals surface area (Å²) in [6, 6.07) is 4.95. The lowest BCUT2D eigenvalue weighted by molar-refractivity contribution is -0.225. The van der Waals surface area contributed by atoms with Gasteiger partial charge < -0.3 is 51.4 Å². The highest BCUT2D eigenvalue weighted by Crippen LogP contribution is 2.29. The SMILES string of the molecule is C[C@@H]1O[C@@H](NC(=O)[C@@H]2C[C@H](O)[C@@H](OCCN)C[C@@H]2NC(=O)c2cccc(O)c2)[C@@H](O)[C@H](O)[C@@H]1O. The quantitative estimate of drug-likeness (QED) is 0.206. The maximum Gasteiger partial charge on any atom is 0.251 e. The molecule has 9 N–H and O–H groups in total. The van der Waals surface area contributed by atoms with E-state index in [0.717, 1.165) is 0 Å². The number of nitrogens with one attached hydrogen (secondary N) is 2. The van der Waals surface area contributed by atoms with Gasteiger partial charge in [-0.2, -0.15) is 0 Å². The van der Waals surface area contributed by atoms with Crippen LogP contribution in [-0.4, -0.2) is 99.4 Å². The number of amides is 2. The highest BCUT2D eigenvalue weighted by molar-refractivity contribution is 5.95. The van der Waals surface area contributed by atoms with Crippen LogP contribution < -0.4 is 16.4 Å². The summed E-state index contributed by atoms with van der Waals surface area (Å²) in [5.74, 6) is -2.18. The van der Waals surface area contributed by atoms with Crippen LogP contribution in [0.1, 0.15) is 30.1 Å². The van der Waals surface area contributed by atoms with Crippen LogP contribution in [0.15, 0.2) is 24.3 Å². The zero-order valence-electron chi connectivity index (χ0n) is 18.8. The number of aliphatic hydroxyl groups excluding tert-OH is 4. The second kappa shape index (κ2) is 11.4. The van der Waals surface area contributed by atoms with E-state index in [1.165, 1.54) is 31.2 Å². The molecule has 12 heteroatoms. The highest BCUT2D eigenvalue weighted by Gasteiger charge is 2.46. The summed E-state index contributed by atoms with van der Waals surface area (Å²) >= 11 is 0. The monoisotopic (exact) mass is 483 g/mol.